The van der Waals surface area contributed by atoms with E-state index in [2.05, 4.69) is 16.8 Å². The lowest BCUT2D eigenvalue weighted by atomic mass is 10.0. The van der Waals surface area contributed by atoms with E-state index in [1.54, 1.807) is 0 Å². The minimum atomic E-state index is -4.41. The number of piperidine rings is 1. The third-order valence-corrected chi connectivity index (χ3v) is 5.26. The number of nitrogens with zero attached hydrogens (tertiary/aromatic N) is 3. The fourth-order valence-corrected chi connectivity index (χ4v) is 4.01. The molecule has 7 heteroatoms. The molecule has 2 aliphatic heterocycles. The van der Waals surface area contributed by atoms with Gasteiger partial charge in [-0.3, -0.25) is 4.90 Å². The van der Waals surface area contributed by atoms with E-state index in [-0.39, 0.29) is 5.02 Å². The number of alkyl halides is 3. The molecule has 3 nitrogen and oxygen atoms in total. The summed E-state index contributed by atoms with van der Waals surface area (Å²) in [7, 11) is 0. The van der Waals surface area contributed by atoms with Crippen LogP contribution in [0, 0.1) is 0 Å². The maximum atomic E-state index is 12.7. The summed E-state index contributed by atoms with van der Waals surface area (Å²) in [5, 5.41) is 0.0767. The van der Waals surface area contributed by atoms with Crippen LogP contribution in [0.5, 0.6) is 0 Å². The number of pyridine rings is 1. The monoisotopic (exact) mass is 347 g/mol. The summed E-state index contributed by atoms with van der Waals surface area (Å²) < 4.78 is 38.1. The van der Waals surface area contributed by atoms with Crippen LogP contribution in [0.4, 0.5) is 19.0 Å². The Morgan fingerprint density at radius 3 is 2.39 bits per heavy atom. The maximum absolute atomic E-state index is 12.7. The van der Waals surface area contributed by atoms with Crippen molar-refractivity contribution >= 4 is 17.4 Å². The third kappa shape index (κ3) is 3.58. The second-order valence-electron chi connectivity index (χ2n) is 6.47. The smallest absolute Gasteiger partial charge is 0.355 e. The van der Waals surface area contributed by atoms with E-state index in [1.807, 2.05) is 4.90 Å². The van der Waals surface area contributed by atoms with Crippen molar-refractivity contribution in [2.45, 2.75) is 50.9 Å². The van der Waals surface area contributed by atoms with Crippen molar-refractivity contribution in [2.24, 2.45) is 0 Å². The van der Waals surface area contributed by atoms with Crippen LogP contribution in [-0.4, -0.2) is 41.6 Å². The molecule has 0 aromatic carbocycles. The Morgan fingerprint density at radius 2 is 1.87 bits per heavy atom. The average Bonchev–Trinajstić information content (AvgIpc) is 2.93. The number of aromatic nitrogens is 1. The lowest BCUT2D eigenvalue weighted by Gasteiger charge is -2.39. The molecule has 0 N–H and O–H groups in total. The van der Waals surface area contributed by atoms with Gasteiger partial charge < -0.3 is 4.90 Å². The highest BCUT2D eigenvalue weighted by atomic mass is 35.5. The number of hydrogen-bond acceptors (Lipinski definition) is 3. The standard InChI is InChI=1S/C16H21ClF3N3/c1-11-3-2-6-23(11)13-4-7-22(8-5-13)15-14(17)9-12(10-21-15)16(18,19)20/h9-11,13H,2-8H2,1H3. The predicted octanol–water partition coefficient (Wildman–Crippen LogP) is 4.21. The molecule has 23 heavy (non-hydrogen) atoms. The highest BCUT2D eigenvalue weighted by Gasteiger charge is 2.34. The van der Waals surface area contributed by atoms with Crippen molar-refractivity contribution in [3.8, 4) is 0 Å². The van der Waals surface area contributed by atoms with Crippen molar-refractivity contribution < 1.29 is 13.2 Å². The molecule has 0 bridgehead atoms. The lowest BCUT2D eigenvalue weighted by Crippen LogP contribution is -2.46. The Hall–Kier alpha value is -1.01. The molecule has 2 fully saturated rings. The first-order chi connectivity index (χ1) is 10.9. The zero-order valence-electron chi connectivity index (χ0n) is 13.1. The summed E-state index contributed by atoms with van der Waals surface area (Å²) in [4.78, 5) is 8.53. The Morgan fingerprint density at radius 1 is 1.17 bits per heavy atom. The van der Waals surface area contributed by atoms with E-state index in [4.69, 9.17) is 11.6 Å². The maximum Gasteiger partial charge on any atom is 0.417 e. The van der Waals surface area contributed by atoms with Gasteiger partial charge in [0.15, 0.2) is 0 Å². The molecule has 1 aromatic rings. The van der Waals surface area contributed by atoms with Gasteiger partial charge in [0.1, 0.15) is 5.82 Å². The molecule has 1 unspecified atom stereocenters. The van der Waals surface area contributed by atoms with Gasteiger partial charge in [-0.05, 0) is 45.2 Å². The SMILES string of the molecule is CC1CCCN1C1CCN(c2ncc(C(F)(F)F)cc2Cl)CC1. The lowest BCUT2D eigenvalue weighted by molar-refractivity contribution is -0.137. The van der Waals surface area contributed by atoms with Crippen LogP contribution in [0.2, 0.25) is 5.02 Å². The van der Waals surface area contributed by atoms with Gasteiger partial charge in [0.25, 0.3) is 0 Å². The van der Waals surface area contributed by atoms with Crippen LogP contribution < -0.4 is 4.90 Å². The minimum Gasteiger partial charge on any atom is -0.355 e. The van der Waals surface area contributed by atoms with Gasteiger partial charge in [-0.1, -0.05) is 11.6 Å². The van der Waals surface area contributed by atoms with Crippen LogP contribution in [0.3, 0.4) is 0 Å². The van der Waals surface area contributed by atoms with Crippen LogP contribution >= 0.6 is 11.6 Å². The molecule has 2 aliphatic rings. The Kier molecular flexibility index (Phi) is 4.74. The van der Waals surface area contributed by atoms with Crippen LogP contribution in [-0.2, 0) is 6.18 Å². The molecule has 3 rings (SSSR count). The van der Waals surface area contributed by atoms with Gasteiger partial charge in [0, 0.05) is 31.4 Å². The molecule has 0 aliphatic carbocycles. The van der Waals surface area contributed by atoms with Crippen molar-refractivity contribution in [3.63, 3.8) is 0 Å². The third-order valence-electron chi connectivity index (χ3n) is 4.99. The molecule has 0 radical (unpaired) electrons. The predicted molar refractivity (Wildman–Crippen MR) is 84.9 cm³/mol. The van der Waals surface area contributed by atoms with Gasteiger partial charge >= 0.3 is 6.18 Å². The molecule has 3 heterocycles. The van der Waals surface area contributed by atoms with Crippen molar-refractivity contribution in [1.29, 1.82) is 0 Å². The second kappa shape index (κ2) is 6.48. The fraction of sp³-hybridized carbons (Fsp3) is 0.688. The van der Waals surface area contributed by atoms with E-state index < -0.39 is 11.7 Å². The first-order valence-corrected chi connectivity index (χ1v) is 8.47. The van der Waals surface area contributed by atoms with Crippen molar-refractivity contribution in [1.82, 2.24) is 9.88 Å². The number of likely N-dealkylation sites (tertiary alicyclic amines) is 1. The summed E-state index contributed by atoms with van der Waals surface area (Å²) in [6.45, 7) is 5.00. The van der Waals surface area contributed by atoms with Gasteiger partial charge in [-0.15, -0.1) is 0 Å². The van der Waals surface area contributed by atoms with E-state index in [9.17, 15) is 13.2 Å². The first-order valence-electron chi connectivity index (χ1n) is 8.09. The fourth-order valence-electron chi connectivity index (χ4n) is 3.73. The van der Waals surface area contributed by atoms with E-state index >= 15 is 0 Å². The summed E-state index contributed by atoms with van der Waals surface area (Å²) in [6, 6.07) is 2.18. The normalized spacial score (nSPS) is 24.4. The van der Waals surface area contributed by atoms with Crippen LogP contribution in [0.1, 0.15) is 38.2 Å². The molecule has 1 aromatic heterocycles. The topological polar surface area (TPSA) is 19.4 Å². The number of anilines is 1. The molecule has 0 amide bonds. The molecule has 1 atom stereocenters. The van der Waals surface area contributed by atoms with Crippen LogP contribution in [0.15, 0.2) is 12.3 Å². The van der Waals surface area contributed by atoms with E-state index in [1.165, 1.54) is 12.8 Å². The summed E-state index contributed by atoms with van der Waals surface area (Å²) in [5.41, 5.74) is -0.799. The van der Waals surface area contributed by atoms with Gasteiger partial charge in [-0.2, -0.15) is 13.2 Å². The van der Waals surface area contributed by atoms with Gasteiger partial charge in [0.05, 0.1) is 10.6 Å². The Balaban J connectivity index is 1.66. The Labute approximate surface area is 139 Å². The van der Waals surface area contributed by atoms with Crippen molar-refractivity contribution in [3.05, 3.63) is 22.8 Å². The number of rotatable bonds is 2. The van der Waals surface area contributed by atoms with Crippen molar-refractivity contribution in [2.75, 3.05) is 24.5 Å². The first kappa shape index (κ1) is 16.8. The summed E-state index contributed by atoms with van der Waals surface area (Å²) in [5.74, 6) is 0.465. The highest BCUT2D eigenvalue weighted by Crippen LogP contribution is 2.35. The molecule has 0 saturated carbocycles. The molecule has 0 spiro atoms. The minimum absolute atomic E-state index is 0.0767. The molecular weight excluding hydrogens is 327 g/mol. The number of hydrogen-bond donors (Lipinski definition) is 0. The zero-order chi connectivity index (χ0) is 16.6. The van der Waals surface area contributed by atoms with E-state index in [0.717, 1.165) is 44.7 Å². The zero-order valence-corrected chi connectivity index (χ0v) is 13.9. The summed E-state index contributed by atoms with van der Waals surface area (Å²) in [6.07, 6.45) is 0.983. The number of halogens is 4. The quantitative estimate of drug-likeness (QED) is 0.799. The van der Waals surface area contributed by atoms with Crippen LogP contribution in [0.25, 0.3) is 0 Å². The Bertz CT molecular complexity index is 556. The largest absolute Gasteiger partial charge is 0.417 e. The van der Waals surface area contributed by atoms with Gasteiger partial charge in [0.2, 0.25) is 0 Å². The van der Waals surface area contributed by atoms with E-state index in [0.29, 0.717) is 17.9 Å². The molecule has 128 valence electrons. The highest BCUT2D eigenvalue weighted by molar-refractivity contribution is 6.33. The average molecular weight is 348 g/mol. The summed E-state index contributed by atoms with van der Waals surface area (Å²) >= 11 is 6.04. The molecular formula is C16H21ClF3N3. The second-order valence-corrected chi connectivity index (χ2v) is 6.88. The van der Waals surface area contributed by atoms with Gasteiger partial charge in [-0.25, -0.2) is 4.98 Å². The molecule has 2 saturated heterocycles.